The molecule has 0 bridgehead atoms. The highest BCUT2D eigenvalue weighted by molar-refractivity contribution is 6.16. The van der Waals surface area contributed by atoms with Crippen molar-refractivity contribution in [3.8, 4) is 5.88 Å². The number of aromatic nitrogens is 3. The summed E-state index contributed by atoms with van der Waals surface area (Å²) in [5.41, 5.74) is -1.65. The van der Waals surface area contributed by atoms with E-state index in [-0.39, 0.29) is 18.7 Å². The number of aromatic amines is 1. The van der Waals surface area contributed by atoms with Crippen LogP contribution in [0, 0.1) is 5.92 Å². The molecule has 3 heterocycles. The lowest BCUT2D eigenvalue weighted by Gasteiger charge is -2.34. The minimum absolute atomic E-state index is 0.104. The third-order valence-corrected chi connectivity index (χ3v) is 5.68. The maximum Gasteiger partial charge on any atom is 0.331 e. The quantitative estimate of drug-likeness (QED) is 0.476. The van der Waals surface area contributed by atoms with E-state index in [0.29, 0.717) is 24.8 Å². The normalized spacial score (nSPS) is 17.2. The summed E-state index contributed by atoms with van der Waals surface area (Å²) in [6.45, 7) is 4.04. The Morgan fingerprint density at radius 1 is 1.03 bits per heavy atom. The predicted octanol–water partition coefficient (Wildman–Crippen LogP) is 1.06. The fourth-order valence-corrected chi connectivity index (χ4v) is 3.93. The summed E-state index contributed by atoms with van der Waals surface area (Å²) in [7, 11) is 0. The highest BCUT2D eigenvalue weighted by Crippen LogP contribution is 2.36. The van der Waals surface area contributed by atoms with Gasteiger partial charge in [0, 0.05) is 31.4 Å². The Balaban J connectivity index is 2.22. The molecule has 0 radical (unpaired) electrons. The smallest absolute Gasteiger partial charge is 0.331 e. The van der Waals surface area contributed by atoms with Crippen molar-refractivity contribution in [3.05, 3.63) is 56.5 Å². The summed E-state index contributed by atoms with van der Waals surface area (Å²) >= 11 is 0. The minimum Gasteiger partial charge on any atom is -0.494 e. The fourth-order valence-electron chi connectivity index (χ4n) is 3.93. The second-order valence-electron chi connectivity index (χ2n) is 7.88. The van der Waals surface area contributed by atoms with Gasteiger partial charge in [-0.15, -0.1) is 0 Å². The van der Waals surface area contributed by atoms with Crippen molar-refractivity contribution in [1.29, 1.82) is 0 Å². The predicted molar refractivity (Wildman–Crippen MR) is 118 cm³/mol. The highest BCUT2D eigenvalue weighted by Gasteiger charge is 2.47. The molecule has 1 aliphatic rings. The number of carbonyl (C=O) groups is 3. The Morgan fingerprint density at radius 3 is 2.30 bits per heavy atom. The van der Waals surface area contributed by atoms with E-state index in [2.05, 4.69) is 15.3 Å². The molecule has 2 aromatic rings. The molecule has 3 rings (SSSR count). The number of imide groups is 2. The first-order chi connectivity index (χ1) is 15.8. The zero-order valence-corrected chi connectivity index (χ0v) is 18.5. The van der Waals surface area contributed by atoms with E-state index >= 15 is 0 Å². The van der Waals surface area contributed by atoms with Crippen LogP contribution in [0.25, 0.3) is 0 Å². The highest BCUT2D eigenvalue weighted by atomic mass is 16.3. The van der Waals surface area contributed by atoms with Crippen LogP contribution in [-0.4, -0.2) is 48.9 Å². The number of barbiturate groups is 1. The molecule has 1 saturated heterocycles. The lowest BCUT2D eigenvalue weighted by Crippen LogP contribution is -2.59. The number of nitrogens with zero attached hydrogens (tertiary/aromatic N) is 3. The first kappa shape index (κ1) is 23.9. The van der Waals surface area contributed by atoms with E-state index < -0.39 is 46.8 Å². The van der Waals surface area contributed by atoms with Crippen molar-refractivity contribution in [2.24, 2.45) is 5.92 Å². The zero-order valence-electron chi connectivity index (χ0n) is 18.5. The number of amides is 4. The lowest BCUT2D eigenvalue weighted by atomic mass is 9.79. The van der Waals surface area contributed by atoms with Crippen LogP contribution >= 0.6 is 0 Å². The summed E-state index contributed by atoms with van der Waals surface area (Å²) in [6.07, 6.45) is 5.38. The fraction of sp³-hybridized carbons (Fsp3) is 0.455. The number of hydrogen-bond acceptors (Lipinski definition) is 7. The first-order valence-corrected chi connectivity index (χ1v) is 10.9. The van der Waals surface area contributed by atoms with Crippen molar-refractivity contribution >= 4 is 17.8 Å². The number of urea groups is 1. The Bertz CT molecular complexity index is 1160. The maximum atomic E-state index is 13.4. The first-order valence-electron chi connectivity index (χ1n) is 10.9. The number of unbranched alkanes of at least 4 members (excludes halogenated alkanes) is 2. The minimum atomic E-state index is -1.51. The number of H-pyrrole nitrogens is 1. The van der Waals surface area contributed by atoms with Gasteiger partial charge in [-0.1, -0.05) is 26.7 Å². The second kappa shape index (κ2) is 10.2. The number of carbonyl (C=O) groups excluding carboxylic acids is 3. The number of rotatable bonds is 9. The largest absolute Gasteiger partial charge is 0.494 e. The average molecular weight is 457 g/mol. The van der Waals surface area contributed by atoms with Gasteiger partial charge >= 0.3 is 11.7 Å². The van der Waals surface area contributed by atoms with Crippen molar-refractivity contribution < 1.29 is 19.5 Å². The second-order valence-corrected chi connectivity index (χ2v) is 7.88. The van der Waals surface area contributed by atoms with Crippen molar-refractivity contribution in [2.75, 3.05) is 6.54 Å². The van der Waals surface area contributed by atoms with Crippen LogP contribution in [0.1, 0.15) is 56.6 Å². The number of pyridine rings is 1. The molecule has 0 aliphatic carbocycles. The molecule has 0 unspecified atom stereocenters. The van der Waals surface area contributed by atoms with Gasteiger partial charge in [0.1, 0.15) is 5.92 Å². The molecule has 3 N–H and O–H groups in total. The van der Waals surface area contributed by atoms with Crippen LogP contribution in [-0.2, 0) is 16.1 Å². The molecule has 1 fully saturated rings. The molecule has 1 aliphatic heterocycles. The van der Waals surface area contributed by atoms with Gasteiger partial charge in [-0.05, 0) is 30.5 Å². The van der Waals surface area contributed by atoms with Gasteiger partial charge < -0.3 is 5.11 Å². The third-order valence-electron chi connectivity index (χ3n) is 5.68. The van der Waals surface area contributed by atoms with E-state index in [1.807, 2.05) is 13.8 Å². The molecule has 33 heavy (non-hydrogen) atoms. The topological polar surface area (TPSA) is 154 Å². The summed E-state index contributed by atoms with van der Waals surface area (Å²) in [5, 5.41) is 13.2. The Kier molecular flexibility index (Phi) is 7.41. The summed E-state index contributed by atoms with van der Waals surface area (Å²) in [4.78, 5) is 70.9. The summed E-state index contributed by atoms with van der Waals surface area (Å²) < 4.78 is 1.01. The summed E-state index contributed by atoms with van der Waals surface area (Å²) in [5.74, 6) is -5.04. The molecule has 4 amide bonds. The van der Waals surface area contributed by atoms with Gasteiger partial charge in [0.25, 0.3) is 5.56 Å². The molecule has 2 aromatic heterocycles. The van der Waals surface area contributed by atoms with Crippen molar-refractivity contribution in [3.63, 3.8) is 0 Å². The van der Waals surface area contributed by atoms with Crippen LogP contribution in [0.2, 0.25) is 0 Å². The van der Waals surface area contributed by atoms with Gasteiger partial charge in [-0.25, -0.2) is 9.59 Å². The van der Waals surface area contributed by atoms with Gasteiger partial charge in [0.05, 0.1) is 5.56 Å². The maximum absolute atomic E-state index is 13.4. The van der Waals surface area contributed by atoms with Gasteiger partial charge in [-0.3, -0.25) is 39.1 Å². The number of aromatic hydroxyl groups is 1. The Hall–Kier alpha value is -3.76. The van der Waals surface area contributed by atoms with Crippen molar-refractivity contribution in [1.82, 2.24) is 24.8 Å². The van der Waals surface area contributed by atoms with Crippen LogP contribution in [0.15, 0.2) is 34.1 Å². The van der Waals surface area contributed by atoms with E-state index in [0.717, 1.165) is 15.9 Å². The Morgan fingerprint density at radius 2 is 1.67 bits per heavy atom. The SMILES string of the molecule is CCCCN1C(=O)NC(=O)[C@@H]([C@@H](c2ccncc2)c2c(O)n(CCCC)c(=O)[nH]c2=O)C1=O. The molecule has 0 aromatic carbocycles. The van der Waals surface area contributed by atoms with E-state index in [1.165, 1.54) is 24.5 Å². The van der Waals surface area contributed by atoms with Crippen LogP contribution in [0.5, 0.6) is 5.88 Å². The van der Waals surface area contributed by atoms with E-state index in [4.69, 9.17) is 0 Å². The zero-order chi connectivity index (χ0) is 24.1. The van der Waals surface area contributed by atoms with E-state index in [9.17, 15) is 29.1 Å². The molecule has 176 valence electrons. The monoisotopic (exact) mass is 457 g/mol. The molecule has 11 heteroatoms. The third kappa shape index (κ3) is 4.71. The van der Waals surface area contributed by atoms with Gasteiger partial charge in [-0.2, -0.15) is 0 Å². The summed E-state index contributed by atoms with van der Waals surface area (Å²) in [6, 6.07) is 2.20. The van der Waals surface area contributed by atoms with Gasteiger partial charge in [0.15, 0.2) is 0 Å². The molecular formula is C22H27N5O6. The Labute approximate surface area is 189 Å². The standard InChI is InChI=1S/C22H27N5O6/c1-3-5-11-26-19(30)15(17(28)24-21(26)32)14(13-7-9-23-10-8-13)16-18(29)25-22(33)27(20(16)31)12-6-4-2/h7-10,14-15,31H,3-6,11-12H2,1-2H3,(H,24,28,32)(H,25,29,33)/t14-,15-/m1/s1. The van der Waals surface area contributed by atoms with Crippen molar-refractivity contribution in [2.45, 2.75) is 52.0 Å². The number of hydrogen-bond donors (Lipinski definition) is 3. The lowest BCUT2D eigenvalue weighted by molar-refractivity contribution is -0.143. The molecule has 0 saturated carbocycles. The number of nitrogens with one attached hydrogen (secondary N) is 2. The van der Waals surface area contributed by atoms with E-state index in [1.54, 1.807) is 0 Å². The van der Waals surface area contributed by atoms with Crippen LogP contribution in [0.4, 0.5) is 4.79 Å². The molecular weight excluding hydrogens is 430 g/mol. The van der Waals surface area contributed by atoms with Gasteiger partial charge in [0.2, 0.25) is 17.7 Å². The van der Waals surface area contributed by atoms with Crippen LogP contribution in [0.3, 0.4) is 0 Å². The average Bonchev–Trinajstić information content (AvgIpc) is 2.78. The molecule has 0 spiro atoms. The van der Waals surface area contributed by atoms with Crippen LogP contribution < -0.4 is 16.6 Å². The molecule has 2 atom stereocenters. The molecule has 11 nitrogen and oxygen atoms in total.